The normalized spacial score (nSPS) is 21.8. The molecule has 0 aromatic rings. The zero-order chi connectivity index (χ0) is 11.6. The van der Waals surface area contributed by atoms with Crippen LogP contribution in [0.5, 0.6) is 0 Å². The summed E-state index contributed by atoms with van der Waals surface area (Å²) < 4.78 is 0. The summed E-state index contributed by atoms with van der Waals surface area (Å²) in [5, 5.41) is 3.32. The molecule has 1 fully saturated rings. The molecule has 1 saturated heterocycles. The second kappa shape index (κ2) is 9.00. The Bertz CT molecular complexity index is 159. The lowest BCUT2D eigenvalue weighted by atomic mass is 10.1. The molecule has 2 heteroatoms. The third-order valence-electron chi connectivity index (χ3n) is 3.74. The van der Waals surface area contributed by atoms with Gasteiger partial charge in [-0.2, -0.15) is 0 Å². The van der Waals surface area contributed by atoms with Crippen LogP contribution in [-0.4, -0.2) is 37.6 Å². The Hall–Kier alpha value is -0.0800. The van der Waals surface area contributed by atoms with E-state index in [9.17, 15) is 0 Å². The molecule has 0 aromatic carbocycles. The van der Waals surface area contributed by atoms with Crippen LogP contribution in [0.2, 0.25) is 0 Å². The molecule has 1 N–H and O–H groups in total. The van der Waals surface area contributed by atoms with E-state index in [1.165, 1.54) is 71.0 Å². The van der Waals surface area contributed by atoms with Crippen LogP contribution in [0.15, 0.2) is 0 Å². The van der Waals surface area contributed by atoms with Gasteiger partial charge in [-0.3, -0.25) is 4.90 Å². The molecule has 0 aromatic heterocycles. The highest BCUT2D eigenvalue weighted by Gasteiger charge is 2.22. The minimum absolute atomic E-state index is 0.820. The number of hydrogen-bond acceptors (Lipinski definition) is 2. The molecule has 2 nitrogen and oxygen atoms in total. The van der Waals surface area contributed by atoms with Gasteiger partial charge in [0, 0.05) is 12.6 Å². The maximum absolute atomic E-state index is 3.32. The van der Waals surface area contributed by atoms with Gasteiger partial charge in [0.2, 0.25) is 0 Å². The van der Waals surface area contributed by atoms with Gasteiger partial charge in [0.25, 0.3) is 0 Å². The predicted octanol–water partition coefficient (Wildman–Crippen LogP) is 3.03. The van der Waals surface area contributed by atoms with Crippen molar-refractivity contribution in [2.24, 2.45) is 0 Å². The lowest BCUT2D eigenvalue weighted by Gasteiger charge is -2.24. The number of nitrogens with one attached hydrogen (secondary N) is 1. The molecule has 0 radical (unpaired) electrons. The molecule has 0 spiro atoms. The Morgan fingerprint density at radius 2 is 1.88 bits per heavy atom. The van der Waals surface area contributed by atoms with E-state index in [4.69, 9.17) is 0 Å². The van der Waals surface area contributed by atoms with Gasteiger partial charge in [-0.1, -0.05) is 39.0 Å². The van der Waals surface area contributed by atoms with Crippen molar-refractivity contribution in [1.82, 2.24) is 10.2 Å². The predicted molar refractivity (Wildman–Crippen MR) is 71.9 cm³/mol. The second-order valence-electron chi connectivity index (χ2n) is 5.16. The van der Waals surface area contributed by atoms with Crippen molar-refractivity contribution in [3.8, 4) is 0 Å². The Morgan fingerprint density at radius 1 is 1.12 bits per heavy atom. The van der Waals surface area contributed by atoms with Crippen LogP contribution in [0.4, 0.5) is 0 Å². The molecule has 96 valence electrons. The van der Waals surface area contributed by atoms with E-state index in [1.807, 2.05) is 0 Å². The maximum Gasteiger partial charge on any atom is 0.0220 e. The van der Waals surface area contributed by atoms with Crippen molar-refractivity contribution in [3.63, 3.8) is 0 Å². The first kappa shape index (κ1) is 14.0. The first-order chi connectivity index (χ1) is 7.88. The molecular weight excluding hydrogens is 196 g/mol. The number of likely N-dealkylation sites (tertiary alicyclic amines) is 1. The number of likely N-dealkylation sites (N-methyl/N-ethyl adjacent to an activating group) is 1. The van der Waals surface area contributed by atoms with Gasteiger partial charge < -0.3 is 5.32 Å². The summed E-state index contributed by atoms with van der Waals surface area (Å²) in [5.41, 5.74) is 0. The molecule has 0 amide bonds. The summed E-state index contributed by atoms with van der Waals surface area (Å²) in [5.74, 6) is 0. The Balaban J connectivity index is 1.99. The standard InChI is InChI=1S/C14H30N2/c1-3-4-5-6-7-8-11-16-12-9-10-14(16)13-15-2/h14-15H,3-13H2,1-2H3. The van der Waals surface area contributed by atoms with E-state index in [2.05, 4.69) is 24.2 Å². The Morgan fingerprint density at radius 3 is 2.62 bits per heavy atom. The molecular formula is C14H30N2. The van der Waals surface area contributed by atoms with E-state index >= 15 is 0 Å². The second-order valence-corrected chi connectivity index (χ2v) is 5.16. The molecule has 0 bridgehead atoms. The molecule has 0 aliphatic carbocycles. The molecule has 1 aliphatic rings. The zero-order valence-corrected chi connectivity index (χ0v) is 11.3. The molecule has 1 atom stereocenters. The topological polar surface area (TPSA) is 15.3 Å². The Kier molecular flexibility index (Phi) is 7.87. The average molecular weight is 226 g/mol. The number of nitrogens with zero attached hydrogens (tertiary/aromatic N) is 1. The highest BCUT2D eigenvalue weighted by molar-refractivity contribution is 4.80. The fraction of sp³-hybridized carbons (Fsp3) is 1.00. The average Bonchev–Trinajstić information content (AvgIpc) is 2.72. The van der Waals surface area contributed by atoms with Crippen molar-refractivity contribution in [2.75, 3.05) is 26.7 Å². The summed E-state index contributed by atoms with van der Waals surface area (Å²) in [7, 11) is 2.07. The Labute approximate surface area is 102 Å². The third-order valence-corrected chi connectivity index (χ3v) is 3.74. The van der Waals surface area contributed by atoms with Crippen LogP contribution in [0, 0.1) is 0 Å². The molecule has 1 rings (SSSR count). The van der Waals surface area contributed by atoms with Crippen LogP contribution in [0.25, 0.3) is 0 Å². The molecule has 1 heterocycles. The highest BCUT2D eigenvalue weighted by Crippen LogP contribution is 2.17. The largest absolute Gasteiger partial charge is 0.318 e. The van der Waals surface area contributed by atoms with Crippen LogP contribution >= 0.6 is 0 Å². The zero-order valence-electron chi connectivity index (χ0n) is 11.3. The summed E-state index contributed by atoms with van der Waals surface area (Å²) in [6.45, 7) is 6.13. The first-order valence-corrected chi connectivity index (χ1v) is 7.27. The van der Waals surface area contributed by atoms with Gasteiger partial charge in [-0.05, 0) is 39.4 Å². The van der Waals surface area contributed by atoms with Gasteiger partial charge in [0.15, 0.2) is 0 Å². The molecule has 0 saturated carbocycles. The van der Waals surface area contributed by atoms with Gasteiger partial charge in [-0.15, -0.1) is 0 Å². The summed E-state index contributed by atoms with van der Waals surface area (Å²) in [4.78, 5) is 2.69. The number of unbranched alkanes of at least 4 members (excludes halogenated alkanes) is 5. The quantitative estimate of drug-likeness (QED) is 0.608. The van der Waals surface area contributed by atoms with Crippen LogP contribution in [-0.2, 0) is 0 Å². The van der Waals surface area contributed by atoms with Gasteiger partial charge >= 0.3 is 0 Å². The SMILES string of the molecule is CCCCCCCCN1CCCC1CNC. The minimum Gasteiger partial charge on any atom is -0.318 e. The smallest absolute Gasteiger partial charge is 0.0220 e. The van der Waals surface area contributed by atoms with Crippen molar-refractivity contribution in [1.29, 1.82) is 0 Å². The van der Waals surface area contributed by atoms with Crippen molar-refractivity contribution in [2.45, 2.75) is 64.3 Å². The highest BCUT2D eigenvalue weighted by atomic mass is 15.2. The van der Waals surface area contributed by atoms with E-state index in [-0.39, 0.29) is 0 Å². The van der Waals surface area contributed by atoms with Crippen molar-refractivity contribution in [3.05, 3.63) is 0 Å². The lowest BCUT2D eigenvalue weighted by molar-refractivity contribution is 0.245. The molecule has 1 unspecified atom stereocenters. The van der Waals surface area contributed by atoms with Gasteiger partial charge in [0.1, 0.15) is 0 Å². The first-order valence-electron chi connectivity index (χ1n) is 7.27. The summed E-state index contributed by atoms with van der Waals surface area (Å²) in [6.07, 6.45) is 11.3. The van der Waals surface area contributed by atoms with Crippen LogP contribution in [0.3, 0.4) is 0 Å². The van der Waals surface area contributed by atoms with Crippen LogP contribution < -0.4 is 5.32 Å². The summed E-state index contributed by atoms with van der Waals surface area (Å²) in [6, 6.07) is 0.820. The fourth-order valence-electron chi connectivity index (χ4n) is 2.75. The lowest BCUT2D eigenvalue weighted by Crippen LogP contribution is -2.37. The van der Waals surface area contributed by atoms with Crippen molar-refractivity contribution >= 4 is 0 Å². The van der Waals surface area contributed by atoms with E-state index in [0.29, 0.717) is 0 Å². The third kappa shape index (κ3) is 5.31. The molecule has 1 aliphatic heterocycles. The number of rotatable bonds is 9. The maximum atomic E-state index is 3.32. The summed E-state index contributed by atoms with van der Waals surface area (Å²) >= 11 is 0. The van der Waals surface area contributed by atoms with Gasteiger partial charge in [-0.25, -0.2) is 0 Å². The number of hydrogen-bond donors (Lipinski definition) is 1. The van der Waals surface area contributed by atoms with Crippen molar-refractivity contribution < 1.29 is 0 Å². The minimum atomic E-state index is 0.820. The van der Waals surface area contributed by atoms with E-state index < -0.39 is 0 Å². The monoisotopic (exact) mass is 226 g/mol. The molecule has 16 heavy (non-hydrogen) atoms. The van der Waals surface area contributed by atoms with E-state index in [1.54, 1.807) is 0 Å². The van der Waals surface area contributed by atoms with Gasteiger partial charge in [0.05, 0.1) is 0 Å². The fourth-order valence-corrected chi connectivity index (χ4v) is 2.75. The van der Waals surface area contributed by atoms with E-state index in [0.717, 1.165) is 6.04 Å². The van der Waals surface area contributed by atoms with Crippen LogP contribution in [0.1, 0.15) is 58.3 Å².